The van der Waals surface area contributed by atoms with Gasteiger partial charge >= 0.3 is 0 Å². The van der Waals surface area contributed by atoms with Crippen LogP contribution in [0.1, 0.15) is 23.2 Å². The van der Waals surface area contributed by atoms with Crippen molar-refractivity contribution in [2.24, 2.45) is 0 Å². The van der Waals surface area contributed by atoms with E-state index in [2.05, 4.69) is 17.2 Å². The Morgan fingerprint density at radius 2 is 2.38 bits per heavy atom. The predicted molar refractivity (Wildman–Crippen MR) is 82.0 cm³/mol. The first-order chi connectivity index (χ1) is 10.2. The third-order valence-corrected chi connectivity index (χ3v) is 3.41. The van der Waals surface area contributed by atoms with Crippen LogP contribution in [0.4, 0.5) is 0 Å². The molecule has 1 aromatic rings. The summed E-state index contributed by atoms with van der Waals surface area (Å²) >= 11 is 0. The van der Waals surface area contributed by atoms with Crippen LogP contribution in [0, 0.1) is 0 Å². The van der Waals surface area contributed by atoms with Crippen LogP contribution >= 0.6 is 0 Å². The molecule has 1 amide bonds. The molecule has 1 aliphatic heterocycles. The average Bonchev–Trinajstić information content (AvgIpc) is 2.53. The standard InChI is InChI=1S/C16H22N2O3/c1-3-9-21-14-7-6-12(10-15(14)20-2)16(19)18-13-5-4-8-17-11-13/h3,6-7,10,13,17H,1,4-5,8-9,11H2,2H3,(H,18,19)/t13-/m0/s1. The van der Waals surface area contributed by atoms with E-state index in [-0.39, 0.29) is 11.9 Å². The lowest BCUT2D eigenvalue weighted by atomic mass is 10.1. The molecule has 1 heterocycles. The molecule has 2 rings (SSSR count). The monoisotopic (exact) mass is 290 g/mol. The Morgan fingerprint density at radius 3 is 3.05 bits per heavy atom. The number of hydrogen-bond donors (Lipinski definition) is 2. The number of methoxy groups -OCH3 is 1. The number of carbonyl (C=O) groups excluding carboxylic acids is 1. The van der Waals surface area contributed by atoms with E-state index in [4.69, 9.17) is 9.47 Å². The Kier molecular flexibility index (Phi) is 5.63. The van der Waals surface area contributed by atoms with Gasteiger partial charge in [0.25, 0.3) is 5.91 Å². The lowest BCUT2D eigenvalue weighted by molar-refractivity contribution is 0.0930. The third kappa shape index (κ3) is 4.23. The molecule has 1 aromatic carbocycles. The first kappa shape index (κ1) is 15.4. The van der Waals surface area contributed by atoms with Crippen molar-refractivity contribution in [1.82, 2.24) is 10.6 Å². The highest BCUT2D eigenvalue weighted by molar-refractivity contribution is 5.95. The SMILES string of the molecule is C=CCOc1ccc(C(=O)N[C@H]2CCCNC2)cc1OC. The zero-order valence-corrected chi connectivity index (χ0v) is 12.4. The second kappa shape index (κ2) is 7.69. The number of hydrogen-bond acceptors (Lipinski definition) is 4. The van der Waals surface area contributed by atoms with E-state index in [0.29, 0.717) is 23.7 Å². The number of nitrogens with one attached hydrogen (secondary N) is 2. The van der Waals surface area contributed by atoms with Gasteiger partial charge in [0.1, 0.15) is 6.61 Å². The zero-order valence-electron chi connectivity index (χ0n) is 12.4. The summed E-state index contributed by atoms with van der Waals surface area (Å²) < 4.78 is 10.7. The molecule has 1 aliphatic rings. The summed E-state index contributed by atoms with van der Waals surface area (Å²) in [4.78, 5) is 12.3. The van der Waals surface area contributed by atoms with Crippen LogP contribution < -0.4 is 20.1 Å². The van der Waals surface area contributed by atoms with Crippen molar-refractivity contribution in [3.05, 3.63) is 36.4 Å². The molecule has 0 aromatic heterocycles. The fourth-order valence-electron chi connectivity index (χ4n) is 2.32. The molecule has 114 valence electrons. The maximum Gasteiger partial charge on any atom is 0.251 e. The minimum Gasteiger partial charge on any atom is -0.493 e. The quantitative estimate of drug-likeness (QED) is 0.784. The average molecular weight is 290 g/mol. The predicted octanol–water partition coefficient (Wildman–Crippen LogP) is 1.74. The van der Waals surface area contributed by atoms with Crippen LogP contribution in [0.25, 0.3) is 0 Å². The number of carbonyl (C=O) groups is 1. The van der Waals surface area contributed by atoms with Gasteiger partial charge in [0.05, 0.1) is 7.11 Å². The van der Waals surface area contributed by atoms with Gasteiger partial charge in [0.2, 0.25) is 0 Å². The molecule has 1 fully saturated rings. The minimum absolute atomic E-state index is 0.0859. The Labute approximate surface area is 125 Å². The number of piperidine rings is 1. The second-order valence-electron chi connectivity index (χ2n) is 4.98. The number of rotatable bonds is 6. The van der Waals surface area contributed by atoms with Gasteiger partial charge in [-0.15, -0.1) is 0 Å². The largest absolute Gasteiger partial charge is 0.493 e. The molecule has 0 radical (unpaired) electrons. The van der Waals surface area contributed by atoms with Gasteiger partial charge in [0, 0.05) is 18.2 Å². The second-order valence-corrected chi connectivity index (χ2v) is 4.98. The summed E-state index contributed by atoms with van der Waals surface area (Å²) in [6.07, 6.45) is 3.76. The van der Waals surface area contributed by atoms with Gasteiger partial charge in [-0.25, -0.2) is 0 Å². The van der Waals surface area contributed by atoms with Crippen molar-refractivity contribution >= 4 is 5.91 Å². The molecule has 21 heavy (non-hydrogen) atoms. The Morgan fingerprint density at radius 1 is 1.52 bits per heavy atom. The van der Waals surface area contributed by atoms with Gasteiger partial charge < -0.3 is 20.1 Å². The minimum atomic E-state index is -0.0859. The smallest absolute Gasteiger partial charge is 0.251 e. The third-order valence-electron chi connectivity index (χ3n) is 3.41. The summed E-state index contributed by atoms with van der Waals surface area (Å²) in [7, 11) is 1.56. The number of ether oxygens (including phenoxy) is 2. The molecule has 2 N–H and O–H groups in total. The highest BCUT2D eigenvalue weighted by Crippen LogP contribution is 2.28. The first-order valence-corrected chi connectivity index (χ1v) is 7.18. The van der Waals surface area contributed by atoms with E-state index in [1.165, 1.54) is 0 Å². The van der Waals surface area contributed by atoms with Gasteiger partial charge in [-0.2, -0.15) is 0 Å². The van der Waals surface area contributed by atoms with Gasteiger partial charge in [-0.05, 0) is 37.6 Å². The topological polar surface area (TPSA) is 59.6 Å². The number of benzene rings is 1. The maximum atomic E-state index is 12.3. The summed E-state index contributed by atoms with van der Waals surface area (Å²) in [6.45, 7) is 5.85. The Hall–Kier alpha value is -2.01. The highest BCUT2D eigenvalue weighted by atomic mass is 16.5. The van der Waals surface area contributed by atoms with Crippen LogP contribution in [0.5, 0.6) is 11.5 Å². The van der Waals surface area contributed by atoms with Crippen molar-refractivity contribution in [3.63, 3.8) is 0 Å². The number of amides is 1. The van der Waals surface area contributed by atoms with Crippen LogP contribution in [-0.4, -0.2) is 38.8 Å². The summed E-state index contributed by atoms with van der Waals surface area (Å²) in [5.74, 6) is 1.07. The fourth-order valence-corrected chi connectivity index (χ4v) is 2.32. The molecular formula is C16H22N2O3. The summed E-state index contributed by atoms with van der Waals surface area (Å²) in [5, 5.41) is 6.31. The lowest BCUT2D eigenvalue weighted by Crippen LogP contribution is -2.45. The molecule has 1 atom stereocenters. The molecule has 0 unspecified atom stereocenters. The van der Waals surface area contributed by atoms with Crippen molar-refractivity contribution in [1.29, 1.82) is 0 Å². The highest BCUT2D eigenvalue weighted by Gasteiger charge is 2.17. The summed E-state index contributed by atoms with van der Waals surface area (Å²) in [6, 6.07) is 5.38. The lowest BCUT2D eigenvalue weighted by Gasteiger charge is -2.24. The van der Waals surface area contributed by atoms with Gasteiger partial charge in [-0.3, -0.25) is 4.79 Å². The molecule has 5 heteroatoms. The first-order valence-electron chi connectivity index (χ1n) is 7.18. The van der Waals surface area contributed by atoms with E-state index in [9.17, 15) is 4.79 Å². The molecule has 0 aliphatic carbocycles. The van der Waals surface area contributed by atoms with Crippen molar-refractivity contribution in [3.8, 4) is 11.5 Å². The molecular weight excluding hydrogens is 268 g/mol. The molecule has 0 spiro atoms. The van der Waals surface area contributed by atoms with Crippen molar-refractivity contribution in [2.75, 3.05) is 26.8 Å². The fraction of sp³-hybridized carbons (Fsp3) is 0.438. The Balaban J connectivity index is 2.04. The van der Waals surface area contributed by atoms with E-state index in [0.717, 1.165) is 25.9 Å². The molecule has 5 nitrogen and oxygen atoms in total. The van der Waals surface area contributed by atoms with Crippen molar-refractivity contribution < 1.29 is 14.3 Å². The van der Waals surface area contributed by atoms with E-state index < -0.39 is 0 Å². The van der Waals surface area contributed by atoms with Gasteiger partial charge in [0.15, 0.2) is 11.5 Å². The molecule has 1 saturated heterocycles. The van der Waals surface area contributed by atoms with Crippen LogP contribution in [0.15, 0.2) is 30.9 Å². The van der Waals surface area contributed by atoms with E-state index in [1.807, 2.05) is 0 Å². The van der Waals surface area contributed by atoms with Crippen LogP contribution in [0.2, 0.25) is 0 Å². The zero-order chi connectivity index (χ0) is 15.1. The van der Waals surface area contributed by atoms with Crippen molar-refractivity contribution in [2.45, 2.75) is 18.9 Å². The van der Waals surface area contributed by atoms with Crippen LogP contribution in [-0.2, 0) is 0 Å². The van der Waals surface area contributed by atoms with E-state index in [1.54, 1.807) is 31.4 Å². The summed E-state index contributed by atoms with van der Waals surface area (Å²) in [5.41, 5.74) is 0.573. The van der Waals surface area contributed by atoms with Gasteiger partial charge in [-0.1, -0.05) is 12.7 Å². The van der Waals surface area contributed by atoms with E-state index >= 15 is 0 Å². The maximum absolute atomic E-state index is 12.3. The normalized spacial score (nSPS) is 17.9. The molecule has 0 saturated carbocycles. The van der Waals surface area contributed by atoms with Crippen LogP contribution in [0.3, 0.4) is 0 Å². The molecule has 0 bridgehead atoms. The Bertz CT molecular complexity index is 496.